The van der Waals surface area contributed by atoms with Gasteiger partial charge in [-0.3, -0.25) is 9.69 Å². The molecule has 2 saturated heterocycles. The van der Waals surface area contributed by atoms with E-state index in [1.165, 1.54) is 7.11 Å². The van der Waals surface area contributed by atoms with Gasteiger partial charge >= 0.3 is 5.97 Å². The van der Waals surface area contributed by atoms with Crippen LogP contribution in [0, 0.1) is 0 Å². The summed E-state index contributed by atoms with van der Waals surface area (Å²) >= 11 is 0. The van der Waals surface area contributed by atoms with Crippen molar-refractivity contribution >= 4 is 15.8 Å². The molecule has 6 nitrogen and oxygen atoms in total. The maximum Gasteiger partial charge on any atom is 0.327 e. The second-order valence-electron chi connectivity index (χ2n) is 4.60. The normalized spacial score (nSPS) is 33.5. The molecular formula is C10H18N2O4S. The van der Waals surface area contributed by atoms with Gasteiger partial charge in [0.15, 0.2) is 9.84 Å². The van der Waals surface area contributed by atoms with Gasteiger partial charge in [-0.25, -0.2) is 8.42 Å². The topological polar surface area (TPSA) is 75.7 Å². The third-order valence-electron chi connectivity index (χ3n) is 3.57. The number of esters is 1. The first-order valence-corrected chi connectivity index (χ1v) is 7.57. The highest BCUT2D eigenvalue weighted by Gasteiger charge is 2.53. The van der Waals surface area contributed by atoms with Gasteiger partial charge in [-0.1, -0.05) is 0 Å². The fourth-order valence-electron chi connectivity index (χ4n) is 2.65. The third-order valence-corrected chi connectivity index (χ3v) is 5.32. The largest absolute Gasteiger partial charge is 0.468 e. The predicted molar refractivity (Wildman–Crippen MR) is 62.5 cm³/mol. The molecule has 1 unspecified atom stereocenters. The third kappa shape index (κ3) is 2.31. The Morgan fingerprint density at radius 3 is 2.47 bits per heavy atom. The Kier molecular flexibility index (Phi) is 3.42. The van der Waals surface area contributed by atoms with Crippen LogP contribution in [0.5, 0.6) is 0 Å². The maximum absolute atomic E-state index is 12.0. The first-order chi connectivity index (χ1) is 8.00. The van der Waals surface area contributed by atoms with Crippen molar-refractivity contribution in [1.29, 1.82) is 0 Å². The van der Waals surface area contributed by atoms with Crippen molar-refractivity contribution in [3.63, 3.8) is 0 Å². The molecule has 0 saturated carbocycles. The minimum absolute atomic E-state index is 0.0754. The zero-order valence-corrected chi connectivity index (χ0v) is 10.8. The zero-order valence-electron chi connectivity index (χ0n) is 9.94. The summed E-state index contributed by atoms with van der Waals surface area (Å²) in [5.74, 6) is -0.445. The van der Waals surface area contributed by atoms with E-state index in [0.29, 0.717) is 19.5 Å². The van der Waals surface area contributed by atoms with E-state index in [0.717, 1.165) is 13.1 Å². The Morgan fingerprint density at radius 1 is 1.35 bits per heavy atom. The summed E-state index contributed by atoms with van der Waals surface area (Å²) in [6.07, 6.45) is 0.349. The lowest BCUT2D eigenvalue weighted by molar-refractivity contribution is -0.154. The zero-order chi connectivity index (χ0) is 12.5. The van der Waals surface area contributed by atoms with Crippen LogP contribution in [0.15, 0.2) is 0 Å². The molecule has 0 bridgehead atoms. The molecule has 2 aliphatic rings. The Hall–Kier alpha value is -0.660. The predicted octanol–water partition coefficient (Wildman–Crippen LogP) is -1.38. The van der Waals surface area contributed by atoms with Crippen LogP contribution in [-0.4, -0.2) is 69.6 Å². The standard InChI is InChI=1S/C10H18N2O4S/c1-16-9(13)10(2-7-17(14,15)8-10)12-5-3-11-4-6-12/h11H,2-8H2,1H3. The van der Waals surface area contributed by atoms with Crippen molar-refractivity contribution in [3.05, 3.63) is 0 Å². The molecule has 0 spiro atoms. The highest BCUT2D eigenvalue weighted by molar-refractivity contribution is 7.91. The second kappa shape index (κ2) is 4.55. The average Bonchev–Trinajstić information content (AvgIpc) is 2.67. The highest BCUT2D eigenvalue weighted by atomic mass is 32.2. The van der Waals surface area contributed by atoms with E-state index in [2.05, 4.69) is 5.32 Å². The van der Waals surface area contributed by atoms with Crippen LogP contribution in [0.2, 0.25) is 0 Å². The number of sulfone groups is 1. The molecule has 98 valence electrons. The van der Waals surface area contributed by atoms with Gasteiger partial charge < -0.3 is 10.1 Å². The number of hydrogen-bond donors (Lipinski definition) is 1. The molecule has 2 heterocycles. The number of carbonyl (C=O) groups excluding carboxylic acids is 1. The second-order valence-corrected chi connectivity index (χ2v) is 6.79. The van der Waals surface area contributed by atoms with Crippen LogP contribution >= 0.6 is 0 Å². The lowest BCUT2D eigenvalue weighted by atomic mass is 9.95. The minimum atomic E-state index is -3.12. The van der Waals surface area contributed by atoms with E-state index in [1.807, 2.05) is 4.90 Å². The fraction of sp³-hybridized carbons (Fsp3) is 0.900. The SMILES string of the molecule is COC(=O)C1(N2CCNCC2)CCS(=O)(=O)C1. The quantitative estimate of drug-likeness (QED) is 0.618. The minimum Gasteiger partial charge on any atom is -0.468 e. The van der Waals surface area contributed by atoms with Crippen LogP contribution in [0.25, 0.3) is 0 Å². The molecule has 2 rings (SSSR count). The van der Waals surface area contributed by atoms with Gasteiger partial charge in [-0.15, -0.1) is 0 Å². The Balaban J connectivity index is 2.27. The van der Waals surface area contributed by atoms with Crippen LogP contribution in [0.4, 0.5) is 0 Å². The molecule has 0 radical (unpaired) electrons. The van der Waals surface area contributed by atoms with Gasteiger partial charge in [0.05, 0.1) is 18.6 Å². The summed E-state index contributed by atoms with van der Waals surface area (Å²) in [7, 11) is -1.80. The van der Waals surface area contributed by atoms with Gasteiger partial charge in [0.2, 0.25) is 0 Å². The van der Waals surface area contributed by atoms with Crippen molar-refractivity contribution in [2.75, 3.05) is 44.8 Å². The van der Waals surface area contributed by atoms with E-state index in [4.69, 9.17) is 4.74 Å². The fourth-order valence-corrected chi connectivity index (χ4v) is 4.62. The lowest BCUT2D eigenvalue weighted by Crippen LogP contribution is -2.61. The number of nitrogens with one attached hydrogen (secondary N) is 1. The van der Waals surface area contributed by atoms with Crippen LogP contribution in [-0.2, 0) is 19.4 Å². The molecule has 0 aliphatic carbocycles. The van der Waals surface area contributed by atoms with Gasteiger partial charge in [0.1, 0.15) is 5.54 Å². The van der Waals surface area contributed by atoms with E-state index in [-0.39, 0.29) is 11.5 Å². The molecule has 7 heteroatoms. The van der Waals surface area contributed by atoms with E-state index in [1.54, 1.807) is 0 Å². The molecule has 2 aliphatic heterocycles. The van der Waals surface area contributed by atoms with Crippen molar-refractivity contribution in [2.45, 2.75) is 12.0 Å². The lowest BCUT2D eigenvalue weighted by Gasteiger charge is -2.40. The van der Waals surface area contributed by atoms with Crippen molar-refractivity contribution < 1.29 is 17.9 Å². The molecule has 1 atom stereocenters. The summed E-state index contributed by atoms with van der Waals surface area (Å²) in [6, 6.07) is 0. The number of rotatable bonds is 2. The number of nitrogens with zero attached hydrogens (tertiary/aromatic N) is 1. The summed E-state index contributed by atoms with van der Waals surface area (Å²) in [6.45, 7) is 2.92. The van der Waals surface area contributed by atoms with Crippen molar-refractivity contribution in [3.8, 4) is 0 Å². The van der Waals surface area contributed by atoms with Crippen LogP contribution in [0.3, 0.4) is 0 Å². The smallest absolute Gasteiger partial charge is 0.327 e. The molecule has 0 aromatic carbocycles. The number of hydrogen-bond acceptors (Lipinski definition) is 6. The first kappa shape index (κ1) is 12.8. The molecular weight excluding hydrogens is 244 g/mol. The Bertz CT molecular complexity index is 403. The average molecular weight is 262 g/mol. The van der Waals surface area contributed by atoms with Gasteiger partial charge in [-0.05, 0) is 6.42 Å². The summed E-state index contributed by atoms with van der Waals surface area (Å²) in [4.78, 5) is 13.9. The number of piperazine rings is 1. The summed E-state index contributed by atoms with van der Waals surface area (Å²) < 4.78 is 28.1. The van der Waals surface area contributed by atoms with E-state index in [9.17, 15) is 13.2 Å². The van der Waals surface area contributed by atoms with Crippen LogP contribution in [0.1, 0.15) is 6.42 Å². The summed E-state index contributed by atoms with van der Waals surface area (Å²) in [5.41, 5.74) is -0.949. The van der Waals surface area contributed by atoms with Gasteiger partial charge in [0, 0.05) is 26.2 Å². The monoisotopic (exact) mass is 262 g/mol. The van der Waals surface area contributed by atoms with E-state index >= 15 is 0 Å². The Labute approximate surface area is 101 Å². The Morgan fingerprint density at radius 2 is 2.00 bits per heavy atom. The van der Waals surface area contributed by atoms with Gasteiger partial charge in [-0.2, -0.15) is 0 Å². The maximum atomic E-state index is 12.0. The summed E-state index contributed by atoms with van der Waals surface area (Å²) in [5, 5.41) is 3.19. The molecule has 0 amide bonds. The molecule has 17 heavy (non-hydrogen) atoms. The molecule has 0 aromatic rings. The molecule has 0 aromatic heterocycles. The van der Waals surface area contributed by atoms with Gasteiger partial charge in [0.25, 0.3) is 0 Å². The first-order valence-electron chi connectivity index (χ1n) is 5.75. The molecule has 2 fully saturated rings. The highest BCUT2D eigenvalue weighted by Crippen LogP contribution is 2.31. The number of carbonyl (C=O) groups is 1. The van der Waals surface area contributed by atoms with Crippen molar-refractivity contribution in [2.24, 2.45) is 0 Å². The number of ether oxygens (including phenoxy) is 1. The number of methoxy groups -OCH3 is 1. The molecule has 1 N–H and O–H groups in total. The van der Waals surface area contributed by atoms with E-state index < -0.39 is 21.3 Å². The van der Waals surface area contributed by atoms with Crippen LogP contribution < -0.4 is 5.32 Å². The van der Waals surface area contributed by atoms with Crippen molar-refractivity contribution in [1.82, 2.24) is 10.2 Å².